The van der Waals surface area contributed by atoms with Crippen LogP contribution in [0.3, 0.4) is 0 Å². The molecule has 0 spiro atoms. The van der Waals surface area contributed by atoms with Gasteiger partial charge in [-0.25, -0.2) is 0 Å². The summed E-state index contributed by atoms with van der Waals surface area (Å²) in [5.74, 6) is -0.0398. The van der Waals surface area contributed by atoms with Gasteiger partial charge in [0.1, 0.15) is 5.75 Å². The second-order valence-corrected chi connectivity index (χ2v) is 6.31. The van der Waals surface area contributed by atoms with Crippen LogP contribution < -0.4 is 10.1 Å². The number of nitrogens with one attached hydrogen (secondary N) is 1. The van der Waals surface area contributed by atoms with E-state index >= 15 is 0 Å². The van der Waals surface area contributed by atoms with Crippen LogP contribution in [0.2, 0.25) is 0 Å². The lowest BCUT2D eigenvalue weighted by Gasteiger charge is -2.07. The highest BCUT2D eigenvalue weighted by molar-refractivity contribution is 7.21. The molecular weight excluding hydrogens is 332 g/mol. The second-order valence-electron chi connectivity index (χ2n) is 5.26. The van der Waals surface area contributed by atoms with Crippen molar-refractivity contribution in [2.75, 3.05) is 0 Å². The van der Waals surface area contributed by atoms with Gasteiger partial charge in [0.25, 0.3) is 5.91 Å². The number of benzene rings is 2. The molecule has 0 radical (unpaired) electrons. The van der Waals surface area contributed by atoms with Gasteiger partial charge >= 0.3 is 6.61 Å². The minimum atomic E-state index is -2.84. The molecule has 3 aromatic rings. The lowest BCUT2D eigenvalue weighted by molar-refractivity contribution is -0.0498. The van der Waals surface area contributed by atoms with Gasteiger partial charge in [-0.15, -0.1) is 11.3 Å². The molecule has 3 nitrogen and oxygen atoms in total. The zero-order valence-electron chi connectivity index (χ0n) is 12.9. The summed E-state index contributed by atoms with van der Waals surface area (Å²) in [6, 6.07) is 14.1. The number of halogens is 2. The molecule has 3 rings (SSSR count). The molecule has 6 heteroatoms. The molecular formula is C18H15F2NO2S. The number of hydrogen-bond donors (Lipinski definition) is 1. The number of amides is 1. The summed E-state index contributed by atoms with van der Waals surface area (Å²) in [6.07, 6.45) is 0. The van der Waals surface area contributed by atoms with E-state index in [4.69, 9.17) is 0 Å². The zero-order valence-corrected chi connectivity index (χ0v) is 13.7. The number of rotatable bonds is 5. The van der Waals surface area contributed by atoms with E-state index in [2.05, 4.69) is 10.1 Å². The number of aryl methyl sites for hydroxylation is 1. The maximum Gasteiger partial charge on any atom is 0.387 e. The Morgan fingerprint density at radius 1 is 1.17 bits per heavy atom. The molecule has 24 heavy (non-hydrogen) atoms. The summed E-state index contributed by atoms with van der Waals surface area (Å²) < 4.78 is 29.6. The lowest BCUT2D eigenvalue weighted by Crippen LogP contribution is -2.22. The topological polar surface area (TPSA) is 38.3 Å². The second kappa shape index (κ2) is 6.97. The molecule has 124 valence electrons. The van der Waals surface area contributed by atoms with E-state index in [1.165, 1.54) is 23.5 Å². The zero-order chi connectivity index (χ0) is 17.1. The van der Waals surface area contributed by atoms with Crippen LogP contribution in [0.25, 0.3) is 10.1 Å². The van der Waals surface area contributed by atoms with Crippen LogP contribution in [-0.4, -0.2) is 12.5 Å². The molecule has 1 N–H and O–H groups in total. The van der Waals surface area contributed by atoms with Gasteiger partial charge < -0.3 is 10.1 Å². The third-order valence-electron chi connectivity index (χ3n) is 3.65. The number of fused-ring (bicyclic) bond motifs is 1. The Morgan fingerprint density at radius 3 is 2.54 bits per heavy atom. The van der Waals surface area contributed by atoms with Crippen molar-refractivity contribution in [2.24, 2.45) is 0 Å². The summed E-state index contributed by atoms with van der Waals surface area (Å²) in [5, 5.41) is 3.94. The van der Waals surface area contributed by atoms with E-state index in [-0.39, 0.29) is 11.7 Å². The molecule has 0 bridgehead atoms. The minimum absolute atomic E-state index is 0.0976. The van der Waals surface area contributed by atoms with Crippen molar-refractivity contribution in [1.82, 2.24) is 5.32 Å². The number of hydrogen-bond acceptors (Lipinski definition) is 3. The maximum absolute atomic E-state index is 12.4. The van der Waals surface area contributed by atoms with Crippen LogP contribution in [0, 0.1) is 6.92 Å². The number of alkyl halides is 2. The highest BCUT2D eigenvalue weighted by Gasteiger charge is 2.14. The van der Waals surface area contributed by atoms with Crippen molar-refractivity contribution in [3.63, 3.8) is 0 Å². The van der Waals surface area contributed by atoms with E-state index in [0.29, 0.717) is 11.4 Å². The number of ether oxygens (including phenoxy) is 1. The molecule has 2 aromatic carbocycles. The molecule has 0 aliphatic rings. The number of carbonyl (C=O) groups is 1. The summed E-state index contributed by atoms with van der Waals surface area (Å²) >= 11 is 1.46. The highest BCUT2D eigenvalue weighted by Crippen LogP contribution is 2.30. The van der Waals surface area contributed by atoms with Gasteiger partial charge in [0.15, 0.2) is 0 Å². The van der Waals surface area contributed by atoms with Crippen molar-refractivity contribution in [1.29, 1.82) is 0 Å². The monoisotopic (exact) mass is 347 g/mol. The fraction of sp³-hybridized carbons (Fsp3) is 0.167. The van der Waals surface area contributed by atoms with E-state index in [9.17, 15) is 13.6 Å². The molecule has 0 fully saturated rings. The van der Waals surface area contributed by atoms with Crippen LogP contribution in [0.15, 0.2) is 48.5 Å². The Kier molecular flexibility index (Phi) is 4.76. The van der Waals surface area contributed by atoms with Crippen molar-refractivity contribution in [3.05, 3.63) is 64.5 Å². The Bertz CT molecular complexity index is 859. The van der Waals surface area contributed by atoms with Gasteiger partial charge in [-0.2, -0.15) is 8.78 Å². The van der Waals surface area contributed by atoms with Gasteiger partial charge in [0.05, 0.1) is 4.88 Å². The van der Waals surface area contributed by atoms with Crippen LogP contribution in [0.1, 0.15) is 20.8 Å². The van der Waals surface area contributed by atoms with Crippen molar-refractivity contribution in [2.45, 2.75) is 20.1 Å². The van der Waals surface area contributed by atoms with Crippen LogP contribution in [0.4, 0.5) is 8.78 Å². The Morgan fingerprint density at radius 2 is 1.88 bits per heavy atom. The molecule has 0 saturated heterocycles. The Balaban J connectivity index is 1.67. The summed E-state index contributed by atoms with van der Waals surface area (Å²) in [5.41, 5.74) is 1.78. The standard InChI is InChI=1S/C18H15F2NO2S/c1-11-14-4-2-3-5-15(14)24-16(11)17(22)21-10-12-6-8-13(9-7-12)23-18(19)20/h2-9,18H,10H2,1H3,(H,21,22). The highest BCUT2D eigenvalue weighted by atomic mass is 32.1. The Hall–Kier alpha value is -2.47. The minimum Gasteiger partial charge on any atom is -0.435 e. The van der Waals surface area contributed by atoms with Crippen molar-refractivity contribution >= 4 is 27.3 Å². The normalized spacial score (nSPS) is 11.0. The number of thiophene rings is 1. The first kappa shape index (κ1) is 16.4. The van der Waals surface area contributed by atoms with Crippen LogP contribution >= 0.6 is 11.3 Å². The lowest BCUT2D eigenvalue weighted by atomic mass is 10.1. The van der Waals surface area contributed by atoms with Gasteiger partial charge in [0, 0.05) is 11.2 Å². The SMILES string of the molecule is Cc1c(C(=O)NCc2ccc(OC(F)F)cc2)sc2ccccc12. The van der Waals surface area contributed by atoms with Gasteiger partial charge in [-0.3, -0.25) is 4.79 Å². The molecule has 0 saturated carbocycles. The third-order valence-corrected chi connectivity index (χ3v) is 4.92. The van der Waals surface area contributed by atoms with E-state index in [0.717, 1.165) is 21.2 Å². The molecule has 0 aliphatic heterocycles. The predicted octanol–water partition coefficient (Wildman–Crippen LogP) is 4.74. The fourth-order valence-corrected chi connectivity index (χ4v) is 3.57. The largest absolute Gasteiger partial charge is 0.435 e. The maximum atomic E-state index is 12.4. The predicted molar refractivity (Wildman–Crippen MR) is 90.8 cm³/mol. The van der Waals surface area contributed by atoms with Gasteiger partial charge in [0.2, 0.25) is 0 Å². The first-order chi connectivity index (χ1) is 11.5. The van der Waals surface area contributed by atoms with Crippen LogP contribution in [-0.2, 0) is 6.54 Å². The summed E-state index contributed by atoms with van der Waals surface area (Å²) in [6.45, 7) is -0.586. The quantitative estimate of drug-likeness (QED) is 0.724. The van der Waals surface area contributed by atoms with E-state index in [1.54, 1.807) is 12.1 Å². The van der Waals surface area contributed by atoms with E-state index < -0.39 is 6.61 Å². The molecule has 1 amide bonds. The first-order valence-corrected chi connectivity index (χ1v) is 8.16. The smallest absolute Gasteiger partial charge is 0.387 e. The van der Waals surface area contributed by atoms with Gasteiger partial charge in [-0.1, -0.05) is 30.3 Å². The molecule has 1 heterocycles. The van der Waals surface area contributed by atoms with Crippen LogP contribution in [0.5, 0.6) is 5.75 Å². The summed E-state index contributed by atoms with van der Waals surface area (Å²) in [4.78, 5) is 13.1. The molecule has 0 atom stereocenters. The number of carbonyl (C=O) groups excluding carboxylic acids is 1. The third kappa shape index (κ3) is 3.54. The average molecular weight is 347 g/mol. The molecule has 1 aromatic heterocycles. The van der Waals surface area contributed by atoms with Gasteiger partial charge in [-0.05, 0) is 41.6 Å². The first-order valence-electron chi connectivity index (χ1n) is 7.34. The average Bonchev–Trinajstić information content (AvgIpc) is 2.91. The van der Waals surface area contributed by atoms with Crippen molar-refractivity contribution in [3.8, 4) is 5.75 Å². The Labute approximate surface area is 141 Å². The van der Waals surface area contributed by atoms with E-state index in [1.807, 2.05) is 31.2 Å². The fourth-order valence-electron chi connectivity index (χ4n) is 2.44. The molecule has 0 unspecified atom stereocenters. The molecule has 0 aliphatic carbocycles. The van der Waals surface area contributed by atoms with Crippen molar-refractivity contribution < 1.29 is 18.3 Å². The summed E-state index contributed by atoms with van der Waals surface area (Å²) in [7, 11) is 0.